The summed E-state index contributed by atoms with van der Waals surface area (Å²) in [5.41, 5.74) is 0.669. The van der Waals surface area contributed by atoms with Crippen LogP contribution in [0.3, 0.4) is 0 Å². The van der Waals surface area contributed by atoms with Crippen molar-refractivity contribution in [2.24, 2.45) is 4.99 Å². The van der Waals surface area contributed by atoms with E-state index in [4.69, 9.17) is 4.74 Å². The quantitative estimate of drug-likeness (QED) is 0.420. The summed E-state index contributed by atoms with van der Waals surface area (Å²) >= 11 is 1.84. The van der Waals surface area contributed by atoms with E-state index in [1.54, 1.807) is 7.11 Å². The number of ether oxygens (including phenoxy) is 1. The van der Waals surface area contributed by atoms with Crippen LogP contribution < -0.4 is 15.4 Å². The summed E-state index contributed by atoms with van der Waals surface area (Å²) in [5.74, 6) is 3.17. The van der Waals surface area contributed by atoms with Crippen molar-refractivity contribution in [1.29, 1.82) is 0 Å². The Morgan fingerprint density at radius 1 is 1.33 bits per heavy atom. The largest absolute Gasteiger partial charge is 0.497 e. The van der Waals surface area contributed by atoms with E-state index in [0.717, 1.165) is 49.8 Å². The smallest absolute Gasteiger partial charge is 0.191 e. The zero-order chi connectivity index (χ0) is 19.7. The first-order valence-electron chi connectivity index (χ1n) is 10.0. The summed E-state index contributed by atoms with van der Waals surface area (Å²) in [6, 6.07) is 8.27. The van der Waals surface area contributed by atoms with Crippen LogP contribution in [-0.2, 0) is 0 Å². The highest BCUT2D eigenvalue weighted by Gasteiger charge is 2.45. The van der Waals surface area contributed by atoms with E-state index in [9.17, 15) is 5.11 Å². The van der Waals surface area contributed by atoms with Gasteiger partial charge in [-0.25, -0.2) is 0 Å². The molecule has 0 aliphatic heterocycles. The second kappa shape index (κ2) is 10.8. The molecular weight excluding hydrogens is 358 g/mol. The summed E-state index contributed by atoms with van der Waals surface area (Å²) in [6.07, 6.45) is 2.95. The van der Waals surface area contributed by atoms with Gasteiger partial charge in [-0.2, -0.15) is 11.8 Å². The maximum absolute atomic E-state index is 10.7. The first-order valence-corrected chi connectivity index (χ1v) is 11.1. The van der Waals surface area contributed by atoms with E-state index in [2.05, 4.69) is 48.5 Å². The van der Waals surface area contributed by atoms with Crippen LogP contribution >= 0.6 is 11.8 Å². The van der Waals surface area contributed by atoms with Gasteiger partial charge >= 0.3 is 0 Å². The Kier molecular flexibility index (Phi) is 8.77. The SMILES string of the molecule is CCNC(=NCC1(O)CCC1SCC)NCCC(C)c1ccc(OC)cc1. The number of nitrogens with one attached hydrogen (secondary N) is 2. The third-order valence-electron chi connectivity index (χ3n) is 5.22. The lowest BCUT2D eigenvalue weighted by molar-refractivity contribution is -0.0154. The summed E-state index contributed by atoms with van der Waals surface area (Å²) < 4.78 is 5.22. The molecule has 5 nitrogen and oxygen atoms in total. The van der Waals surface area contributed by atoms with Gasteiger partial charge in [0.2, 0.25) is 0 Å². The molecule has 3 N–H and O–H groups in total. The molecule has 27 heavy (non-hydrogen) atoms. The Morgan fingerprint density at radius 3 is 2.63 bits per heavy atom. The van der Waals surface area contributed by atoms with Crippen molar-refractivity contribution in [2.45, 2.75) is 56.8 Å². The molecule has 1 aliphatic rings. The second-order valence-corrected chi connectivity index (χ2v) is 8.65. The van der Waals surface area contributed by atoms with Gasteiger partial charge in [0.15, 0.2) is 5.96 Å². The highest BCUT2D eigenvalue weighted by molar-refractivity contribution is 8.00. The van der Waals surface area contributed by atoms with E-state index in [1.807, 2.05) is 23.9 Å². The van der Waals surface area contributed by atoms with Gasteiger partial charge in [-0.3, -0.25) is 4.99 Å². The molecule has 0 spiro atoms. The molecule has 3 unspecified atom stereocenters. The van der Waals surface area contributed by atoms with Crippen LogP contribution in [0.15, 0.2) is 29.3 Å². The van der Waals surface area contributed by atoms with E-state index < -0.39 is 5.60 Å². The van der Waals surface area contributed by atoms with Crippen molar-refractivity contribution >= 4 is 17.7 Å². The Hall–Kier alpha value is -1.40. The summed E-state index contributed by atoms with van der Waals surface area (Å²) in [5, 5.41) is 17.7. The van der Waals surface area contributed by atoms with Crippen molar-refractivity contribution in [1.82, 2.24) is 10.6 Å². The molecule has 2 rings (SSSR count). The van der Waals surface area contributed by atoms with Crippen LogP contribution in [0, 0.1) is 0 Å². The lowest BCUT2D eigenvalue weighted by Crippen LogP contribution is -2.53. The average Bonchev–Trinajstić information content (AvgIpc) is 2.69. The number of hydrogen-bond acceptors (Lipinski definition) is 4. The minimum atomic E-state index is -0.639. The third kappa shape index (κ3) is 6.32. The fraction of sp³-hybridized carbons (Fsp3) is 0.667. The predicted octanol–water partition coefficient (Wildman–Crippen LogP) is 3.39. The van der Waals surface area contributed by atoms with E-state index >= 15 is 0 Å². The molecule has 1 saturated carbocycles. The molecule has 1 fully saturated rings. The number of aliphatic hydroxyl groups is 1. The maximum atomic E-state index is 10.7. The number of hydrogen-bond donors (Lipinski definition) is 3. The predicted molar refractivity (Wildman–Crippen MR) is 116 cm³/mol. The fourth-order valence-corrected chi connectivity index (χ4v) is 4.47. The Balaban J connectivity index is 1.82. The first-order chi connectivity index (χ1) is 13.0. The zero-order valence-corrected chi connectivity index (χ0v) is 17.9. The van der Waals surface area contributed by atoms with Crippen molar-refractivity contribution in [3.05, 3.63) is 29.8 Å². The number of aliphatic imine (C=N–C) groups is 1. The van der Waals surface area contributed by atoms with Crippen LogP contribution in [0.2, 0.25) is 0 Å². The Morgan fingerprint density at radius 2 is 2.07 bits per heavy atom. The number of methoxy groups -OCH3 is 1. The molecule has 0 heterocycles. The van der Waals surface area contributed by atoms with Crippen molar-refractivity contribution in [3.8, 4) is 5.75 Å². The monoisotopic (exact) mass is 393 g/mol. The van der Waals surface area contributed by atoms with Gasteiger partial charge in [0.25, 0.3) is 0 Å². The third-order valence-corrected chi connectivity index (χ3v) is 6.63. The number of thioether (sulfide) groups is 1. The molecule has 0 amide bonds. The van der Waals surface area contributed by atoms with Crippen LogP contribution in [0.1, 0.15) is 51.5 Å². The lowest BCUT2D eigenvalue weighted by atomic mass is 9.79. The molecule has 152 valence electrons. The second-order valence-electron chi connectivity index (χ2n) is 7.17. The fourth-order valence-electron chi connectivity index (χ4n) is 3.28. The average molecular weight is 394 g/mol. The molecule has 3 atom stereocenters. The van der Waals surface area contributed by atoms with Crippen molar-refractivity contribution in [2.75, 3.05) is 32.5 Å². The number of rotatable bonds is 10. The molecular formula is C21H35N3O2S. The van der Waals surface area contributed by atoms with Crippen LogP contribution in [0.5, 0.6) is 5.75 Å². The van der Waals surface area contributed by atoms with Crippen LogP contribution in [-0.4, -0.2) is 54.4 Å². The van der Waals surface area contributed by atoms with Gasteiger partial charge in [0, 0.05) is 18.3 Å². The Bertz CT molecular complexity index is 594. The summed E-state index contributed by atoms with van der Waals surface area (Å²) in [6.45, 7) is 8.55. The van der Waals surface area contributed by atoms with E-state index in [0.29, 0.717) is 17.7 Å². The topological polar surface area (TPSA) is 65.9 Å². The molecule has 6 heteroatoms. The maximum Gasteiger partial charge on any atom is 0.191 e. The Labute approximate surface area is 168 Å². The highest BCUT2D eigenvalue weighted by Crippen LogP contribution is 2.41. The minimum Gasteiger partial charge on any atom is -0.497 e. The summed E-state index contributed by atoms with van der Waals surface area (Å²) in [4.78, 5) is 4.65. The van der Waals surface area contributed by atoms with Gasteiger partial charge in [0.05, 0.1) is 19.3 Å². The van der Waals surface area contributed by atoms with Crippen molar-refractivity contribution in [3.63, 3.8) is 0 Å². The van der Waals surface area contributed by atoms with Gasteiger partial charge in [-0.05, 0) is 55.6 Å². The number of nitrogens with zero attached hydrogens (tertiary/aromatic N) is 1. The van der Waals surface area contributed by atoms with Gasteiger partial charge in [0.1, 0.15) is 5.75 Å². The normalized spacial score (nSPS) is 23.4. The molecule has 0 bridgehead atoms. The molecule has 1 aliphatic carbocycles. The molecule has 1 aromatic rings. The van der Waals surface area contributed by atoms with Crippen LogP contribution in [0.25, 0.3) is 0 Å². The molecule has 0 saturated heterocycles. The standard InChI is InChI=1S/C21H35N3O2S/c1-5-22-20(24-15-21(25)13-11-19(21)27-6-2)23-14-12-16(3)17-7-9-18(26-4)10-8-17/h7-10,16,19,25H,5-6,11-15H2,1-4H3,(H2,22,23,24). The van der Waals surface area contributed by atoms with E-state index in [1.165, 1.54) is 5.56 Å². The summed E-state index contributed by atoms with van der Waals surface area (Å²) in [7, 11) is 1.69. The lowest BCUT2D eigenvalue weighted by Gasteiger charge is -2.44. The van der Waals surface area contributed by atoms with Gasteiger partial charge in [-0.1, -0.05) is 26.0 Å². The molecule has 1 aromatic carbocycles. The zero-order valence-electron chi connectivity index (χ0n) is 17.1. The van der Waals surface area contributed by atoms with Crippen molar-refractivity contribution < 1.29 is 9.84 Å². The van der Waals surface area contributed by atoms with Gasteiger partial charge < -0.3 is 20.5 Å². The van der Waals surface area contributed by atoms with Crippen LogP contribution in [0.4, 0.5) is 0 Å². The minimum absolute atomic E-state index is 0.323. The highest BCUT2D eigenvalue weighted by atomic mass is 32.2. The number of benzene rings is 1. The van der Waals surface area contributed by atoms with Gasteiger partial charge in [-0.15, -0.1) is 0 Å². The van der Waals surface area contributed by atoms with E-state index in [-0.39, 0.29) is 0 Å². The molecule has 0 aromatic heterocycles. The number of guanidine groups is 1. The molecule has 0 radical (unpaired) electrons. The first kappa shape index (κ1) is 21.9.